The molecule has 0 aliphatic heterocycles. The lowest BCUT2D eigenvalue weighted by molar-refractivity contribution is -0.384. The summed E-state index contributed by atoms with van der Waals surface area (Å²) in [6.45, 7) is 0. The lowest BCUT2D eigenvalue weighted by Gasteiger charge is -2.08. The number of rotatable bonds is 4. The third-order valence-electron chi connectivity index (χ3n) is 3.20. The number of hydrogen-bond donors (Lipinski definition) is 1. The molecule has 3 aromatic rings. The Morgan fingerprint density at radius 3 is 2.71 bits per heavy atom. The van der Waals surface area contributed by atoms with Crippen molar-refractivity contribution in [2.75, 3.05) is 5.32 Å². The zero-order chi connectivity index (χ0) is 17.3. The van der Waals surface area contributed by atoms with E-state index < -0.39 is 15.7 Å². The van der Waals surface area contributed by atoms with Crippen molar-refractivity contribution in [3.8, 4) is 11.5 Å². The highest BCUT2D eigenvalue weighted by molar-refractivity contribution is 6.54. The number of hydrogen-bond acceptors (Lipinski definition) is 5. The van der Waals surface area contributed by atoms with Gasteiger partial charge in [-0.3, -0.25) is 14.9 Å². The molecule has 0 fully saturated rings. The van der Waals surface area contributed by atoms with Crippen LogP contribution in [-0.4, -0.2) is 20.7 Å². The lowest BCUT2D eigenvalue weighted by atomic mass is 10.2. The molecule has 0 aliphatic carbocycles. The molecule has 0 aliphatic rings. The highest BCUT2D eigenvalue weighted by Crippen LogP contribution is 2.31. The van der Waals surface area contributed by atoms with Crippen molar-refractivity contribution in [1.29, 1.82) is 0 Å². The summed E-state index contributed by atoms with van der Waals surface area (Å²) in [7, 11) is 0. The van der Waals surface area contributed by atoms with E-state index in [0.29, 0.717) is 16.8 Å². The van der Waals surface area contributed by atoms with E-state index in [0.717, 1.165) is 0 Å². The maximum absolute atomic E-state index is 11.7. The minimum atomic E-state index is -1.22. The van der Waals surface area contributed by atoms with Gasteiger partial charge in [-0.2, -0.15) is 0 Å². The molecule has 1 amide bonds. The quantitative estimate of drug-likeness (QED) is 0.425. The lowest BCUT2D eigenvalue weighted by Crippen LogP contribution is -2.18. The van der Waals surface area contributed by atoms with Crippen LogP contribution in [0.15, 0.2) is 46.9 Å². The topological polar surface area (TPSA) is 98.3 Å². The number of nitro groups is 1. The average Bonchev–Trinajstić information content (AvgIpc) is 2.97. The van der Waals surface area contributed by atoms with Crippen molar-refractivity contribution in [1.82, 2.24) is 4.98 Å². The Morgan fingerprint density at radius 2 is 2.00 bits per heavy atom. The number of nitrogens with zero attached hydrogens (tertiary/aromatic N) is 2. The van der Waals surface area contributed by atoms with Crippen LogP contribution in [0.1, 0.15) is 0 Å². The first-order valence-corrected chi connectivity index (χ1v) is 7.56. The number of aromatic nitrogens is 1. The number of non-ortho nitro benzene ring substituents is 1. The Hall–Kier alpha value is -2.64. The summed E-state index contributed by atoms with van der Waals surface area (Å²) in [5, 5.41) is 13.4. The van der Waals surface area contributed by atoms with Crippen molar-refractivity contribution in [3.05, 3.63) is 52.6 Å². The molecule has 9 heteroatoms. The van der Waals surface area contributed by atoms with Crippen LogP contribution in [0, 0.1) is 10.1 Å². The fourth-order valence-corrected chi connectivity index (χ4v) is 2.22. The molecule has 0 bridgehead atoms. The van der Waals surface area contributed by atoms with Gasteiger partial charge in [0.15, 0.2) is 10.4 Å². The first-order chi connectivity index (χ1) is 11.5. The van der Waals surface area contributed by atoms with Gasteiger partial charge in [-0.25, -0.2) is 4.98 Å². The van der Waals surface area contributed by atoms with Gasteiger partial charge in [-0.15, -0.1) is 0 Å². The molecule has 2 aromatic carbocycles. The maximum atomic E-state index is 11.7. The van der Waals surface area contributed by atoms with Crippen molar-refractivity contribution in [3.63, 3.8) is 0 Å². The molecule has 0 spiro atoms. The predicted molar refractivity (Wildman–Crippen MR) is 90.2 cm³/mol. The summed E-state index contributed by atoms with van der Waals surface area (Å²) in [6, 6.07) is 10.9. The monoisotopic (exact) mass is 365 g/mol. The summed E-state index contributed by atoms with van der Waals surface area (Å²) in [5.74, 6) is -0.375. The number of nitro benzene ring substituents is 1. The minimum Gasteiger partial charge on any atom is -0.436 e. The van der Waals surface area contributed by atoms with E-state index in [1.807, 2.05) is 0 Å². The smallest absolute Gasteiger partial charge is 0.273 e. The normalized spacial score (nSPS) is 11.0. The first-order valence-electron chi connectivity index (χ1n) is 6.69. The molecule has 122 valence electrons. The van der Waals surface area contributed by atoms with Gasteiger partial charge in [0.25, 0.3) is 11.6 Å². The Bertz CT molecular complexity index is 939. The van der Waals surface area contributed by atoms with Crippen LogP contribution in [0.2, 0.25) is 0 Å². The number of oxazole rings is 1. The van der Waals surface area contributed by atoms with Crippen LogP contribution in [0.3, 0.4) is 0 Å². The number of anilines is 1. The summed E-state index contributed by atoms with van der Waals surface area (Å²) in [4.78, 5) is 25.1. The summed E-state index contributed by atoms with van der Waals surface area (Å²) in [5.41, 5.74) is 1.55. The highest BCUT2D eigenvalue weighted by Gasteiger charge is 2.18. The highest BCUT2D eigenvalue weighted by atomic mass is 35.5. The van der Waals surface area contributed by atoms with Crippen LogP contribution < -0.4 is 5.32 Å². The molecule has 0 unspecified atom stereocenters. The molecule has 0 radical (unpaired) electrons. The van der Waals surface area contributed by atoms with Gasteiger partial charge in [-0.05, 0) is 18.2 Å². The molecule has 0 saturated carbocycles. The number of amides is 1. The van der Waals surface area contributed by atoms with Crippen molar-refractivity contribution in [2.45, 2.75) is 4.84 Å². The Kier molecular flexibility index (Phi) is 4.37. The SMILES string of the molecule is O=C(Nc1ccccc1-c1nc2ccc([N+](=O)[O-])cc2o1)C(Cl)Cl. The van der Waals surface area contributed by atoms with Crippen LogP contribution in [0.5, 0.6) is 0 Å². The second kappa shape index (κ2) is 6.46. The predicted octanol–water partition coefficient (Wildman–Crippen LogP) is 4.15. The third kappa shape index (κ3) is 3.17. The van der Waals surface area contributed by atoms with Crippen LogP contribution in [-0.2, 0) is 4.79 Å². The molecule has 1 aromatic heterocycles. The number of carbonyl (C=O) groups is 1. The molecule has 1 heterocycles. The van der Waals surface area contributed by atoms with E-state index in [1.54, 1.807) is 24.3 Å². The van der Waals surface area contributed by atoms with Crippen LogP contribution in [0.4, 0.5) is 11.4 Å². The minimum absolute atomic E-state index is 0.0982. The average molecular weight is 366 g/mol. The van der Waals surface area contributed by atoms with E-state index >= 15 is 0 Å². The van der Waals surface area contributed by atoms with E-state index in [-0.39, 0.29) is 17.2 Å². The molecule has 0 saturated heterocycles. The number of nitrogens with one attached hydrogen (secondary N) is 1. The van der Waals surface area contributed by atoms with E-state index in [4.69, 9.17) is 27.6 Å². The van der Waals surface area contributed by atoms with Gasteiger partial charge in [0.1, 0.15) is 5.52 Å². The second-order valence-corrected chi connectivity index (χ2v) is 5.86. The number of alkyl halides is 2. The summed E-state index contributed by atoms with van der Waals surface area (Å²) in [6.07, 6.45) is 0. The Morgan fingerprint density at radius 1 is 1.25 bits per heavy atom. The molecule has 7 nitrogen and oxygen atoms in total. The van der Waals surface area contributed by atoms with Gasteiger partial charge >= 0.3 is 0 Å². The molecule has 1 N–H and O–H groups in total. The van der Waals surface area contributed by atoms with Crippen molar-refractivity contribution in [2.24, 2.45) is 0 Å². The van der Waals surface area contributed by atoms with Gasteiger partial charge < -0.3 is 9.73 Å². The zero-order valence-electron chi connectivity index (χ0n) is 11.9. The molecule has 3 rings (SSSR count). The number of fused-ring (bicyclic) bond motifs is 1. The Balaban J connectivity index is 2.04. The molecule has 0 atom stereocenters. The van der Waals surface area contributed by atoms with Gasteiger partial charge in [-0.1, -0.05) is 35.3 Å². The third-order valence-corrected chi connectivity index (χ3v) is 3.59. The zero-order valence-corrected chi connectivity index (χ0v) is 13.4. The second-order valence-electron chi connectivity index (χ2n) is 4.76. The van der Waals surface area contributed by atoms with Crippen LogP contribution >= 0.6 is 23.2 Å². The van der Waals surface area contributed by atoms with E-state index in [1.165, 1.54) is 18.2 Å². The summed E-state index contributed by atoms with van der Waals surface area (Å²) < 4.78 is 5.59. The van der Waals surface area contributed by atoms with Gasteiger partial charge in [0.05, 0.1) is 22.2 Å². The van der Waals surface area contributed by atoms with Crippen LogP contribution in [0.25, 0.3) is 22.6 Å². The fraction of sp³-hybridized carbons (Fsp3) is 0.0667. The summed E-state index contributed by atoms with van der Waals surface area (Å²) >= 11 is 11.1. The van der Waals surface area contributed by atoms with E-state index in [9.17, 15) is 14.9 Å². The van der Waals surface area contributed by atoms with Gasteiger partial charge in [0.2, 0.25) is 5.89 Å². The van der Waals surface area contributed by atoms with Crippen molar-refractivity contribution < 1.29 is 14.1 Å². The first kappa shape index (κ1) is 16.2. The van der Waals surface area contributed by atoms with Crippen molar-refractivity contribution >= 4 is 51.6 Å². The number of benzene rings is 2. The number of para-hydroxylation sites is 1. The fourth-order valence-electron chi connectivity index (χ4n) is 2.11. The molecule has 24 heavy (non-hydrogen) atoms. The standard InChI is InChI=1S/C15H9Cl2N3O4/c16-13(17)14(21)18-10-4-2-1-3-9(10)15-19-11-6-5-8(20(22)23)7-12(11)24-15/h1-7,13H,(H,18,21). The molecular formula is C15H9Cl2N3O4. The number of carbonyl (C=O) groups excluding carboxylic acids is 1. The largest absolute Gasteiger partial charge is 0.436 e. The van der Waals surface area contributed by atoms with Gasteiger partial charge in [0, 0.05) is 6.07 Å². The number of halogens is 2. The molecular weight excluding hydrogens is 357 g/mol. The van der Waals surface area contributed by atoms with E-state index in [2.05, 4.69) is 10.3 Å². The maximum Gasteiger partial charge on any atom is 0.273 e. The Labute approximate surface area is 145 Å².